The second-order valence-electron chi connectivity index (χ2n) is 5.66. The average Bonchev–Trinajstić information content (AvgIpc) is 2.77. The zero-order valence-electron chi connectivity index (χ0n) is 11.7. The second kappa shape index (κ2) is 6.30. The van der Waals surface area contributed by atoms with Crippen molar-refractivity contribution in [1.29, 1.82) is 0 Å². The molecule has 0 amide bonds. The van der Waals surface area contributed by atoms with Crippen molar-refractivity contribution in [3.63, 3.8) is 0 Å². The van der Waals surface area contributed by atoms with Crippen LogP contribution in [-0.4, -0.2) is 76.3 Å². The fourth-order valence-electron chi connectivity index (χ4n) is 2.97. The summed E-state index contributed by atoms with van der Waals surface area (Å²) in [5.41, 5.74) is 0.0691. The quantitative estimate of drug-likeness (QED) is 0.773. The predicted octanol–water partition coefficient (Wildman–Crippen LogP) is 0.0320. The zero-order chi connectivity index (χ0) is 13.9. The maximum atomic E-state index is 11.9. The minimum Gasteiger partial charge on any atom is -0.381 e. The molecule has 0 aromatic carbocycles. The number of nitrogens with one attached hydrogen (secondary N) is 1. The van der Waals surface area contributed by atoms with Crippen molar-refractivity contribution < 1.29 is 13.2 Å². The summed E-state index contributed by atoms with van der Waals surface area (Å²) < 4.78 is 29.4. The highest BCUT2D eigenvalue weighted by Crippen LogP contribution is 2.32. The van der Waals surface area contributed by atoms with Crippen molar-refractivity contribution in [2.75, 3.05) is 57.7 Å². The SMILES string of the molecule is CNCC1(CN2CCSCC2S(C)(=O)=O)CCOC1. The Kier molecular flexibility index (Phi) is 5.16. The molecular weight excluding hydrogens is 284 g/mol. The Morgan fingerprint density at radius 1 is 1.53 bits per heavy atom. The largest absolute Gasteiger partial charge is 0.381 e. The molecule has 2 aliphatic rings. The maximum absolute atomic E-state index is 11.9. The lowest BCUT2D eigenvalue weighted by atomic mass is 9.86. The Labute approximate surface area is 120 Å². The third kappa shape index (κ3) is 3.85. The summed E-state index contributed by atoms with van der Waals surface area (Å²) in [5, 5.41) is 2.90. The molecule has 2 rings (SSSR count). The molecular formula is C12H24N2O3S2. The van der Waals surface area contributed by atoms with Crippen LogP contribution in [0.25, 0.3) is 0 Å². The summed E-state index contributed by atoms with van der Waals surface area (Å²) in [6.45, 7) is 4.06. The Morgan fingerprint density at radius 3 is 2.89 bits per heavy atom. The number of thioether (sulfide) groups is 1. The molecule has 112 valence electrons. The molecule has 0 aliphatic carbocycles. The first-order valence-electron chi connectivity index (χ1n) is 6.70. The van der Waals surface area contributed by atoms with E-state index >= 15 is 0 Å². The first-order valence-corrected chi connectivity index (χ1v) is 9.81. The van der Waals surface area contributed by atoms with Gasteiger partial charge in [-0.05, 0) is 13.5 Å². The van der Waals surface area contributed by atoms with Gasteiger partial charge >= 0.3 is 0 Å². The van der Waals surface area contributed by atoms with E-state index in [9.17, 15) is 8.42 Å². The van der Waals surface area contributed by atoms with E-state index < -0.39 is 9.84 Å². The predicted molar refractivity (Wildman–Crippen MR) is 79.3 cm³/mol. The maximum Gasteiger partial charge on any atom is 0.164 e. The Balaban J connectivity index is 2.10. The van der Waals surface area contributed by atoms with Crippen molar-refractivity contribution in [2.45, 2.75) is 11.8 Å². The molecule has 0 aromatic heterocycles. The number of hydrogen-bond acceptors (Lipinski definition) is 6. The third-order valence-electron chi connectivity index (χ3n) is 3.96. The van der Waals surface area contributed by atoms with Crippen LogP contribution in [0.5, 0.6) is 0 Å². The number of ether oxygens (including phenoxy) is 1. The van der Waals surface area contributed by atoms with Crippen molar-refractivity contribution >= 4 is 21.6 Å². The number of sulfone groups is 1. The van der Waals surface area contributed by atoms with E-state index in [1.165, 1.54) is 6.26 Å². The molecule has 2 saturated heterocycles. The topological polar surface area (TPSA) is 58.6 Å². The number of hydrogen-bond donors (Lipinski definition) is 1. The normalized spacial score (nSPS) is 33.7. The van der Waals surface area contributed by atoms with E-state index in [1.54, 1.807) is 11.8 Å². The zero-order valence-corrected chi connectivity index (χ0v) is 13.4. The molecule has 2 aliphatic heterocycles. The van der Waals surface area contributed by atoms with Crippen LogP contribution in [0.4, 0.5) is 0 Å². The van der Waals surface area contributed by atoms with Gasteiger partial charge in [0.1, 0.15) is 5.37 Å². The summed E-state index contributed by atoms with van der Waals surface area (Å²) in [6, 6.07) is 0. The lowest BCUT2D eigenvalue weighted by Gasteiger charge is -2.40. The van der Waals surface area contributed by atoms with Gasteiger partial charge in [0, 0.05) is 49.4 Å². The highest BCUT2D eigenvalue weighted by atomic mass is 32.2. The molecule has 1 N–H and O–H groups in total. The van der Waals surface area contributed by atoms with Crippen LogP contribution in [0.2, 0.25) is 0 Å². The molecule has 19 heavy (non-hydrogen) atoms. The summed E-state index contributed by atoms with van der Waals surface area (Å²) in [7, 11) is -1.07. The van der Waals surface area contributed by atoms with Crippen LogP contribution < -0.4 is 5.32 Å². The first-order chi connectivity index (χ1) is 8.97. The minimum atomic E-state index is -3.01. The number of nitrogens with zero attached hydrogens (tertiary/aromatic N) is 1. The molecule has 0 aromatic rings. The van der Waals surface area contributed by atoms with Gasteiger partial charge in [0.15, 0.2) is 9.84 Å². The van der Waals surface area contributed by atoms with Gasteiger partial charge in [0.2, 0.25) is 0 Å². The summed E-state index contributed by atoms with van der Waals surface area (Å²) >= 11 is 1.74. The molecule has 2 atom stereocenters. The third-order valence-corrected chi connectivity index (χ3v) is 6.65. The smallest absolute Gasteiger partial charge is 0.164 e. The molecule has 0 radical (unpaired) electrons. The molecule has 2 unspecified atom stereocenters. The molecule has 7 heteroatoms. The van der Waals surface area contributed by atoms with E-state index in [4.69, 9.17) is 4.74 Å². The summed E-state index contributed by atoms with van der Waals surface area (Å²) in [5.74, 6) is 1.71. The molecule has 2 heterocycles. The van der Waals surface area contributed by atoms with Gasteiger partial charge in [-0.15, -0.1) is 0 Å². The molecule has 2 fully saturated rings. The van der Waals surface area contributed by atoms with Crippen molar-refractivity contribution in [2.24, 2.45) is 5.41 Å². The van der Waals surface area contributed by atoms with Gasteiger partial charge in [0.25, 0.3) is 0 Å². The van der Waals surface area contributed by atoms with E-state index in [2.05, 4.69) is 10.2 Å². The first kappa shape index (κ1) is 15.6. The molecule has 0 spiro atoms. The molecule has 0 saturated carbocycles. The Bertz CT molecular complexity index is 394. The van der Waals surface area contributed by atoms with Crippen molar-refractivity contribution in [1.82, 2.24) is 10.2 Å². The van der Waals surface area contributed by atoms with Crippen LogP contribution in [0.1, 0.15) is 6.42 Å². The van der Waals surface area contributed by atoms with Gasteiger partial charge in [0.05, 0.1) is 6.61 Å². The highest BCUT2D eigenvalue weighted by Gasteiger charge is 2.40. The van der Waals surface area contributed by atoms with E-state index in [0.29, 0.717) is 5.75 Å². The Hall–Kier alpha value is 0.180. The van der Waals surface area contributed by atoms with Gasteiger partial charge in [-0.1, -0.05) is 0 Å². The monoisotopic (exact) mass is 308 g/mol. The average molecular weight is 308 g/mol. The minimum absolute atomic E-state index is 0.0691. The fourth-order valence-corrected chi connectivity index (χ4v) is 5.91. The van der Waals surface area contributed by atoms with E-state index in [1.807, 2.05) is 7.05 Å². The van der Waals surface area contributed by atoms with Crippen LogP contribution >= 0.6 is 11.8 Å². The van der Waals surface area contributed by atoms with Gasteiger partial charge < -0.3 is 10.1 Å². The van der Waals surface area contributed by atoms with Gasteiger partial charge in [-0.25, -0.2) is 8.42 Å². The van der Waals surface area contributed by atoms with Crippen LogP contribution in [0.3, 0.4) is 0 Å². The fraction of sp³-hybridized carbons (Fsp3) is 1.00. The van der Waals surface area contributed by atoms with Crippen molar-refractivity contribution in [3.8, 4) is 0 Å². The van der Waals surface area contributed by atoms with Gasteiger partial charge in [-0.3, -0.25) is 4.90 Å². The molecule has 5 nitrogen and oxygen atoms in total. The summed E-state index contributed by atoms with van der Waals surface area (Å²) in [6.07, 6.45) is 2.36. The lowest BCUT2D eigenvalue weighted by Crippen LogP contribution is -2.53. The standard InChI is InChI=1S/C12H24N2O3S2/c1-13-8-12(3-5-17-10-12)9-14-4-6-18-7-11(14)19(2,15)16/h11,13H,3-10H2,1-2H3. The van der Waals surface area contributed by atoms with Crippen LogP contribution in [0.15, 0.2) is 0 Å². The van der Waals surface area contributed by atoms with Crippen LogP contribution in [0, 0.1) is 5.41 Å². The highest BCUT2D eigenvalue weighted by molar-refractivity contribution is 8.00. The number of rotatable bonds is 5. The van der Waals surface area contributed by atoms with E-state index in [0.717, 1.165) is 45.0 Å². The van der Waals surface area contributed by atoms with Crippen LogP contribution in [-0.2, 0) is 14.6 Å². The Morgan fingerprint density at radius 2 is 2.32 bits per heavy atom. The lowest BCUT2D eigenvalue weighted by molar-refractivity contribution is 0.108. The van der Waals surface area contributed by atoms with Crippen molar-refractivity contribution in [3.05, 3.63) is 0 Å². The molecule has 0 bridgehead atoms. The summed E-state index contributed by atoms with van der Waals surface area (Å²) in [4.78, 5) is 2.15. The van der Waals surface area contributed by atoms with Gasteiger partial charge in [-0.2, -0.15) is 11.8 Å². The van der Waals surface area contributed by atoms with E-state index in [-0.39, 0.29) is 10.8 Å². The second-order valence-corrected chi connectivity index (χ2v) is 9.02.